The lowest BCUT2D eigenvalue weighted by Crippen LogP contribution is -2.10. The maximum Gasteiger partial charge on any atom is 0.126 e. The largest absolute Gasteiger partial charge is 0.507 e. The fourth-order valence-corrected chi connectivity index (χ4v) is 8.17. The Morgan fingerprint density at radius 3 is 0.733 bits per heavy atom. The molecule has 0 amide bonds. The predicted octanol–water partition coefficient (Wildman–Crippen LogP) is 8.85. The molecule has 322 valence electrons. The number of aryl methyl sites for hydroxylation is 1. The first-order valence-electron chi connectivity index (χ1n) is 20.0. The van der Waals surface area contributed by atoms with Crippen LogP contribution in [0.2, 0.25) is 0 Å². The highest BCUT2D eigenvalue weighted by molar-refractivity contribution is 5.57. The molecule has 0 radical (unpaired) electrons. The van der Waals surface area contributed by atoms with Gasteiger partial charge in [-0.3, -0.25) is 0 Å². The lowest BCUT2D eigenvalue weighted by Gasteiger charge is -2.26. The van der Waals surface area contributed by atoms with Crippen molar-refractivity contribution in [3.05, 3.63) is 151 Å². The molecular weight excluding hydrogens is 765 g/mol. The molecular formula is C49H60O11. The molecule has 0 aliphatic rings. The average molecular weight is 825 g/mol. The minimum Gasteiger partial charge on any atom is -0.507 e. The molecule has 0 spiro atoms. The number of phenolic OH excluding ortho intramolecular Hbond substituents is 4. The van der Waals surface area contributed by atoms with Gasteiger partial charge < -0.3 is 53.6 Å². The Morgan fingerprint density at radius 2 is 0.533 bits per heavy atom. The zero-order chi connectivity index (χ0) is 43.3. The third-order valence-electron chi connectivity index (χ3n) is 10.7. The third kappa shape index (κ3) is 10.5. The second-order valence-corrected chi connectivity index (χ2v) is 15.1. The molecule has 1 atom stereocenters. The smallest absolute Gasteiger partial charge is 0.126 e. The molecule has 0 aliphatic carbocycles. The van der Waals surface area contributed by atoms with E-state index >= 15 is 0 Å². The zero-order valence-electron chi connectivity index (χ0n) is 36.1. The van der Waals surface area contributed by atoms with Crippen molar-refractivity contribution in [2.45, 2.75) is 77.8 Å². The summed E-state index contributed by atoms with van der Waals surface area (Å²) in [6.45, 7) is 3.44. The Hall–Kier alpha value is -4.98. The van der Waals surface area contributed by atoms with E-state index in [0.29, 0.717) is 45.4 Å². The van der Waals surface area contributed by atoms with Crippen molar-refractivity contribution in [3.63, 3.8) is 0 Å². The Labute approximate surface area is 354 Å². The molecule has 60 heavy (non-hydrogen) atoms. The van der Waals surface area contributed by atoms with Crippen LogP contribution in [0.1, 0.15) is 103 Å². The number of hydrogen-bond acceptors (Lipinski definition) is 11. The molecule has 5 aromatic carbocycles. The van der Waals surface area contributed by atoms with Crippen molar-refractivity contribution in [1.29, 1.82) is 0 Å². The van der Waals surface area contributed by atoms with Crippen LogP contribution in [0.25, 0.3) is 0 Å². The Balaban J connectivity index is 1.80. The van der Waals surface area contributed by atoms with E-state index in [9.17, 15) is 20.4 Å². The molecule has 0 aliphatic heterocycles. The number of benzene rings is 5. The standard InChI is InChI=1S/C49H60O11/c1-9-10-32-15-33(16-37(23-54-2)46(32)50)44(34-17-38(24-55-3)47(51)39(18-34)25-56-4)30-11-13-31(14-12-30)45(35-19-40(26-57-5)48(52)41(20-35)27-58-6)36-21-42(28-59-7)49(53)43(22-36)29-60-8/h11-22,44-45,50-53H,9-10,23-29H2,1-8H3. The van der Waals surface area contributed by atoms with Gasteiger partial charge in [-0.2, -0.15) is 0 Å². The van der Waals surface area contributed by atoms with E-state index < -0.39 is 0 Å². The van der Waals surface area contributed by atoms with Gasteiger partial charge in [-0.25, -0.2) is 0 Å². The second kappa shape index (κ2) is 22.0. The molecule has 0 saturated heterocycles. The fourth-order valence-electron chi connectivity index (χ4n) is 8.17. The lowest BCUT2D eigenvalue weighted by molar-refractivity contribution is 0.174. The number of methoxy groups -OCH3 is 7. The van der Waals surface area contributed by atoms with Gasteiger partial charge >= 0.3 is 0 Å². The van der Waals surface area contributed by atoms with E-state index in [2.05, 4.69) is 37.3 Å². The van der Waals surface area contributed by atoms with Crippen LogP contribution in [0.15, 0.2) is 72.8 Å². The number of aromatic hydroxyl groups is 4. The SMILES string of the molecule is CCCc1cc(C(c2ccc(C(c3cc(COC)c(O)c(COC)c3)c3cc(COC)c(O)c(COC)c3)cc2)c2cc(COC)c(O)c(COC)c2)cc(COC)c1O. The number of hydrogen-bond donors (Lipinski definition) is 4. The summed E-state index contributed by atoms with van der Waals surface area (Å²) in [6, 6.07) is 24.2. The van der Waals surface area contributed by atoms with Crippen molar-refractivity contribution in [1.82, 2.24) is 0 Å². The average Bonchev–Trinajstić information content (AvgIpc) is 3.23. The first-order valence-corrected chi connectivity index (χ1v) is 20.0. The van der Waals surface area contributed by atoms with Gasteiger partial charge in [0.25, 0.3) is 0 Å². The molecule has 0 fully saturated rings. The van der Waals surface area contributed by atoms with Gasteiger partial charge in [0, 0.05) is 101 Å². The van der Waals surface area contributed by atoms with Gasteiger partial charge in [-0.15, -0.1) is 0 Å². The fraction of sp³-hybridized carbons (Fsp3) is 0.388. The first-order chi connectivity index (χ1) is 29.1. The molecule has 11 heteroatoms. The zero-order valence-corrected chi connectivity index (χ0v) is 36.1. The van der Waals surface area contributed by atoms with Gasteiger partial charge in [0.1, 0.15) is 23.0 Å². The highest BCUT2D eigenvalue weighted by Crippen LogP contribution is 2.43. The van der Waals surface area contributed by atoms with Gasteiger partial charge in [0.15, 0.2) is 0 Å². The molecule has 11 nitrogen and oxygen atoms in total. The van der Waals surface area contributed by atoms with Crippen LogP contribution in [-0.4, -0.2) is 70.2 Å². The van der Waals surface area contributed by atoms with Gasteiger partial charge in [0.05, 0.1) is 46.2 Å². The topological polar surface area (TPSA) is 146 Å². The van der Waals surface area contributed by atoms with Crippen LogP contribution in [-0.2, 0) is 85.8 Å². The van der Waals surface area contributed by atoms with E-state index in [1.807, 2.05) is 42.5 Å². The molecule has 1 unspecified atom stereocenters. The van der Waals surface area contributed by atoms with E-state index in [-0.39, 0.29) is 81.1 Å². The molecule has 5 aromatic rings. The van der Waals surface area contributed by atoms with E-state index in [1.54, 1.807) is 49.8 Å². The molecule has 0 bridgehead atoms. The van der Waals surface area contributed by atoms with Crippen LogP contribution < -0.4 is 0 Å². The highest BCUT2D eigenvalue weighted by Gasteiger charge is 2.27. The van der Waals surface area contributed by atoms with Gasteiger partial charge in [0.2, 0.25) is 0 Å². The molecule has 0 heterocycles. The summed E-state index contributed by atoms with van der Waals surface area (Å²) in [6.07, 6.45) is 1.51. The minimum atomic E-state index is -0.385. The summed E-state index contributed by atoms with van der Waals surface area (Å²) in [7, 11) is 11.2. The summed E-state index contributed by atoms with van der Waals surface area (Å²) in [5.74, 6) is -0.144. The molecule has 0 aromatic heterocycles. The summed E-state index contributed by atoms with van der Waals surface area (Å²) in [5.41, 5.74) is 10.8. The van der Waals surface area contributed by atoms with E-state index in [0.717, 1.165) is 45.4 Å². The van der Waals surface area contributed by atoms with E-state index in [1.165, 1.54) is 0 Å². The number of phenols is 4. The van der Waals surface area contributed by atoms with Crippen LogP contribution in [0.5, 0.6) is 23.0 Å². The van der Waals surface area contributed by atoms with Crippen molar-refractivity contribution < 1.29 is 53.6 Å². The maximum absolute atomic E-state index is 11.3. The van der Waals surface area contributed by atoms with Gasteiger partial charge in [-0.1, -0.05) is 43.7 Å². The van der Waals surface area contributed by atoms with Crippen LogP contribution in [0.4, 0.5) is 0 Å². The van der Waals surface area contributed by atoms with Gasteiger partial charge in [-0.05, 0) is 87.8 Å². The second-order valence-electron chi connectivity index (χ2n) is 15.1. The monoisotopic (exact) mass is 824 g/mol. The third-order valence-corrected chi connectivity index (χ3v) is 10.7. The van der Waals surface area contributed by atoms with Crippen LogP contribution in [0.3, 0.4) is 0 Å². The normalized spacial score (nSPS) is 12.1. The molecule has 0 saturated carbocycles. The quantitative estimate of drug-likeness (QED) is 0.0497. The predicted molar refractivity (Wildman–Crippen MR) is 230 cm³/mol. The Morgan fingerprint density at radius 1 is 0.333 bits per heavy atom. The highest BCUT2D eigenvalue weighted by atomic mass is 16.5. The van der Waals surface area contributed by atoms with Crippen LogP contribution in [0, 0.1) is 0 Å². The summed E-state index contributed by atoms with van der Waals surface area (Å²) in [4.78, 5) is 0. The summed E-state index contributed by atoms with van der Waals surface area (Å²) in [5, 5.41) is 45.1. The van der Waals surface area contributed by atoms with Crippen molar-refractivity contribution in [2.75, 3.05) is 49.8 Å². The van der Waals surface area contributed by atoms with Crippen LogP contribution >= 0.6 is 0 Å². The van der Waals surface area contributed by atoms with Crippen molar-refractivity contribution in [2.24, 2.45) is 0 Å². The molecule has 5 rings (SSSR count). The first kappa shape index (κ1) is 46.1. The van der Waals surface area contributed by atoms with Crippen molar-refractivity contribution >= 4 is 0 Å². The maximum atomic E-state index is 11.3. The Bertz CT molecular complexity index is 1790. The van der Waals surface area contributed by atoms with Crippen molar-refractivity contribution in [3.8, 4) is 23.0 Å². The lowest BCUT2D eigenvalue weighted by atomic mass is 9.79. The Kier molecular flexibility index (Phi) is 16.9. The van der Waals surface area contributed by atoms with E-state index in [4.69, 9.17) is 33.2 Å². The number of rotatable bonds is 22. The number of ether oxygens (including phenoxy) is 7. The minimum absolute atomic E-state index is 0.115. The summed E-state index contributed by atoms with van der Waals surface area (Å²) >= 11 is 0. The summed E-state index contributed by atoms with van der Waals surface area (Å²) < 4.78 is 38.7. The molecule has 4 N–H and O–H groups in total.